The van der Waals surface area contributed by atoms with Crippen molar-refractivity contribution in [1.29, 1.82) is 0 Å². The third-order valence-corrected chi connectivity index (χ3v) is 7.13. The van der Waals surface area contributed by atoms with E-state index in [1.54, 1.807) is 36.3 Å². The van der Waals surface area contributed by atoms with Crippen LogP contribution in [0.4, 0.5) is 5.69 Å². The number of hydrogen-bond acceptors (Lipinski definition) is 5. The van der Waals surface area contributed by atoms with Crippen LogP contribution in [0.25, 0.3) is 0 Å². The van der Waals surface area contributed by atoms with Crippen molar-refractivity contribution in [3.05, 3.63) is 53.6 Å². The van der Waals surface area contributed by atoms with Gasteiger partial charge in [0, 0.05) is 32.2 Å². The van der Waals surface area contributed by atoms with Crippen LogP contribution in [0.15, 0.2) is 47.4 Å². The summed E-state index contributed by atoms with van der Waals surface area (Å²) in [6.07, 6.45) is 0.588. The summed E-state index contributed by atoms with van der Waals surface area (Å²) >= 11 is 0. The topological polar surface area (TPSA) is 96.0 Å². The maximum atomic E-state index is 13.0. The van der Waals surface area contributed by atoms with Gasteiger partial charge in [0.15, 0.2) is 0 Å². The minimum absolute atomic E-state index is 0.0214. The third kappa shape index (κ3) is 4.88. The third-order valence-electron chi connectivity index (χ3n) is 5.33. The van der Waals surface area contributed by atoms with Gasteiger partial charge in [-0.3, -0.25) is 9.59 Å². The number of carbonyl (C=O) groups excluding carboxylic acids is 2. The molecule has 0 bridgehead atoms. The minimum Gasteiger partial charge on any atom is -0.497 e. The Morgan fingerprint density at radius 1 is 1.19 bits per heavy atom. The van der Waals surface area contributed by atoms with Gasteiger partial charge in [0.1, 0.15) is 5.75 Å². The molecule has 8 nitrogen and oxygen atoms in total. The van der Waals surface area contributed by atoms with Crippen molar-refractivity contribution in [1.82, 2.24) is 9.62 Å². The first-order valence-electron chi connectivity index (χ1n) is 9.92. The van der Waals surface area contributed by atoms with E-state index < -0.39 is 15.9 Å². The summed E-state index contributed by atoms with van der Waals surface area (Å²) in [5, 5.41) is 2.73. The number of carbonyl (C=O) groups is 2. The van der Waals surface area contributed by atoms with Crippen molar-refractivity contribution in [2.75, 3.05) is 25.6 Å². The smallest absolute Gasteiger partial charge is 0.243 e. The maximum Gasteiger partial charge on any atom is 0.243 e. The number of nitrogens with one attached hydrogen (secondary N) is 1. The van der Waals surface area contributed by atoms with E-state index in [2.05, 4.69) is 5.32 Å². The summed E-state index contributed by atoms with van der Waals surface area (Å²) in [4.78, 5) is 25.9. The molecule has 0 saturated heterocycles. The van der Waals surface area contributed by atoms with Crippen LogP contribution in [0.1, 0.15) is 25.0 Å². The molecule has 0 spiro atoms. The number of nitrogens with zero attached hydrogens (tertiary/aromatic N) is 2. The Hall–Kier alpha value is -2.91. The van der Waals surface area contributed by atoms with Gasteiger partial charge in [0.2, 0.25) is 21.8 Å². The fourth-order valence-electron chi connectivity index (χ4n) is 3.71. The second-order valence-corrected chi connectivity index (χ2v) is 9.66. The molecular formula is C22H27N3O5S. The molecule has 1 aliphatic rings. The number of methoxy groups -OCH3 is 1. The summed E-state index contributed by atoms with van der Waals surface area (Å²) in [7, 11) is -0.898. The van der Waals surface area contributed by atoms with Gasteiger partial charge in [-0.2, -0.15) is 4.31 Å². The van der Waals surface area contributed by atoms with Crippen molar-refractivity contribution in [3.8, 4) is 5.75 Å². The van der Waals surface area contributed by atoms with Gasteiger partial charge in [-0.25, -0.2) is 8.42 Å². The lowest BCUT2D eigenvalue weighted by molar-refractivity contribution is -0.121. The molecule has 2 aromatic rings. The van der Waals surface area contributed by atoms with Crippen LogP contribution < -0.4 is 15.0 Å². The molecule has 0 fully saturated rings. The highest BCUT2D eigenvalue weighted by molar-refractivity contribution is 7.89. The zero-order chi connectivity index (χ0) is 22.8. The van der Waals surface area contributed by atoms with Gasteiger partial charge in [0.25, 0.3) is 0 Å². The molecule has 2 amide bonds. The van der Waals surface area contributed by atoms with Gasteiger partial charge in [-0.15, -0.1) is 0 Å². The Labute approximate surface area is 182 Å². The number of benzene rings is 2. The fraction of sp³-hybridized carbons (Fsp3) is 0.364. The first kappa shape index (κ1) is 22.8. The Morgan fingerprint density at radius 2 is 1.87 bits per heavy atom. The van der Waals surface area contributed by atoms with Crippen LogP contribution in [-0.2, 0) is 32.6 Å². The van der Waals surface area contributed by atoms with Crippen molar-refractivity contribution in [3.63, 3.8) is 0 Å². The van der Waals surface area contributed by atoms with Gasteiger partial charge in [-0.1, -0.05) is 12.1 Å². The molecule has 0 unspecified atom stereocenters. The predicted molar refractivity (Wildman–Crippen MR) is 117 cm³/mol. The van der Waals surface area contributed by atoms with E-state index in [0.29, 0.717) is 6.42 Å². The normalized spacial score (nSPS) is 15.6. The summed E-state index contributed by atoms with van der Waals surface area (Å²) < 4.78 is 32.0. The molecule has 3 rings (SSSR count). The van der Waals surface area contributed by atoms with Crippen LogP contribution in [0.2, 0.25) is 0 Å². The monoisotopic (exact) mass is 445 g/mol. The van der Waals surface area contributed by atoms with E-state index >= 15 is 0 Å². The highest BCUT2D eigenvalue weighted by Gasteiger charge is 2.31. The Morgan fingerprint density at radius 3 is 2.48 bits per heavy atom. The Balaban J connectivity index is 1.65. The lowest BCUT2D eigenvalue weighted by Crippen LogP contribution is -2.38. The molecule has 0 aliphatic carbocycles. The van der Waals surface area contributed by atoms with E-state index in [-0.39, 0.29) is 29.9 Å². The molecule has 2 aromatic carbocycles. The van der Waals surface area contributed by atoms with Crippen LogP contribution in [0, 0.1) is 0 Å². The molecule has 9 heteroatoms. The summed E-state index contributed by atoms with van der Waals surface area (Å²) in [6.45, 7) is 3.41. The number of amides is 2. The average Bonchev–Trinajstić information content (AvgIpc) is 3.07. The largest absolute Gasteiger partial charge is 0.497 e. The first-order chi connectivity index (χ1) is 14.6. The summed E-state index contributed by atoms with van der Waals surface area (Å²) in [5.41, 5.74) is 2.42. The van der Waals surface area contributed by atoms with Crippen LogP contribution >= 0.6 is 0 Å². The van der Waals surface area contributed by atoms with E-state index in [1.165, 1.54) is 20.0 Å². The zero-order valence-electron chi connectivity index (χ0n) is 18.1. The highest BCUT2D eigenvalue weighted by atomic mass is 32.2. The number of sulfonamides is 1. The zero-order valence-corrected chi connectivity index (χ0v) is 18.9. The van der Waals surface area contributed by atoms with Crippen LogP contribution in [0.3, 0.4) is 0 Å². The molecule has 1 atom stereocenters. The Bertz CT molecular complexity index is 1080. The standard InChI is InChI=1S/C22H27N3O5S/c1-15-11-18-12-20(9-10-21(18)25(15)16(2)26)31(28,29)24(3)14-22(27)23-13-17-5-7-19(30-4)8-6-17/h5-10,12,15H,11,13-14H2,1-4H3,(H,23,27)/t15-/m0/s1. The molecule has 31 heavy (non-hydrogen) atoms. The van der Waals surface area contributed by atoms with Crippen LogP contribution in [0.5, 0.6) is 5.75 Å². The average molecular weight is 446 g/mol. The van der Waals surface area contributed by atoms with Crippen molar-refractivity contribution in [2.45, 2.75) is 37.8 Å². The lowest BCUT2D eigenvalue weighted by Gasteiger charge is -2.21. The number of anilines is 1. The number of likely N-dealkylation sites (N-methyl/N-ethyl adjacent to an activating group) is 1. The molecule has 1 aliphatic heterocycles. The van der Waals surface area contributed by atoms with Crippen molar-refractivity contribution < 1.29 is 22.7 Å². The van der Waals surface area contributed by atoms with Crippen molar-refractivity contribution in [2.24, 2.45) is 0 Å². The van der Waals surface area contributed by atoms with Gasteiger partial charge in [0.05, 0.1) is 18.6 Å². The van der Waals surface area contributed by atoms with E-state index in [1.807, 2.05) is 19.1 Å². The van der Waals surface area contributed by atoms with Crippen LogP contribution in [-0.4, -0.2) is 51.3 Å². The van der Waals surface area contributed by atoms with E-state index in [9.17, 15) is 18.0 Å². The summed E-state index contributed by atoms with van der Waals surface area (Å²) in [5.74, 6) is 0.239. The molecule has 1 heterocycles. The van der Waals surface area contributed by atoms with Gasteiger partial charge < -0.3 is 15.0 Å². The molecule has 166 valence electrons. The first-order valence-corrected chi connectivity index (χ1v) is 11.4. The second-order valence-electron chi connectivity index (χ2n) is 7.62. The highest BCUT2D eigenvalue weighted by Crippen LogP contribution is 2.34. The Kier molecular flexibility index (Phi) is 6.66. The lowest BCUT2D eigenvalue weighted by atomic mass is 10.1. The number of hydrogen-bond donors (Lipinski definition) is 1. The molecule has 0 radical (unpaired) electrons. The number of rotatable bonds is 7. The quantitative estimate of drug-likeness (QED) is 0.703. The molecule has 0 saturated carbocycles. The summed E-state index contributed by atoms with van der Waals surface area (Å²) in [6, 6.07) is 12.0. The molecular weight excluding hydrogens is 418 g/mol. The van der Waals surface area contributed by atoms with E-state index in [0.717, 1.165) is 26.9 Å². The minimum atomic E-state index is -3.85. The maximum absolute atomic E-state index is 13.0. The second kappa shape index (κ2) is 9.07. The number of ether oxygens (including phenoxy) is 1. The van der Waals surface area contributed by atoms with Gasteiger partial charge in [-0.05, 0) is 54.8 Å². The SMILES string of the molecule is COc1ccc(CNC(=O)CN(C)S(=O)(=O)c2ccc3c(c2)C[C@H](C)N3C(C)=O)cc1. The predicted octanol–water partition coefficient (Wildman–Crippen LogP) is 1.93. The number of fused-ring (bicyclic) bond motifs is 1. The van der Waals surface area contributed by atoms with E-state index in [4.69, 9.17) is 4.74 Å². The molecule has 1 N–H and O–H groups in total. The van der Waals surface area contributed by atoms with Gasteiger partial charge >= 0.3 is 0 Å². The van der Waals surface area contributed by atoms with Crippen molar-refractivity contribution >= 4 is 27.5 Å². The molecule has 0 aromatic heterocycles. The fourth-order valence-corrected chi connectivity index (χ4v) is 4.89.